The highest BCUT2D eigenvalue weighted by Gasteiger charge is 2.22. The fourth-order valence-corrected chi connectivity index (χ4v) is 1.52. The number of carbonyl (C=O) groups excluding carboxylic acids is 1. The van der Waals surface area contributed by atoms with Crippen LogP contribution in [0.3, 0.4) is 0 Å². The van der Waals surface area contributed by atoms with E-state index in [0.717, 1.165) is 38.8 Å². The molecule has 0 saturated heterocycles. The molecule has 1 amide bonds. The van der Waals surface area contributed by atoms with Crippen LogP contribution in [0.2, 0.25) is 0 Å². The average Bonchev–Trinajstić information content (AvgIpc) is 3.06. The first-order chi connectivity index (χ1) is 7.72. The van der Waals surface area contributed by atoms with Gasteiger partial charge in [-0.3, -0.25) is 4.79 Å². The van der Waals surface area contributed by atoms with E-state index < -0.39 is 0 Å². The monoisotopic (exact) mass is 228 g/mol. The molecule has 0 bridgehead atoms. The molecule has 0 radical (unpaired) electrons. The second-order valence-electron chi connectivity index (χ2n) is 4.77. The third kappa shape index (κ3) is 6.80. The fraction of sp³-hybridized carbons (Fsp3) is 0.917. The summed E-state index contributed by atoms with van der Waals surface area (Å²) < 4.78 is 0. The van der Waals surface area contributed by atoms with Crippen molar-refractivity contribution in [2.75, 3.05) is 19.7 Å². The molecule has 1 rings (SSSR count). The number of hydrogen-bond donors (Lipinski definition) is 3. The van der Waals surface area contributed by atoms with Crippen molar-refractivity contribution < 1.29 is 9.90 Å². The lowest BCUT2D eigenvalue weighted by Crippen LogP contribution is -2.29. The van der Waals surface area contributed by atoms with Crippen molar-refractivity contribution in [2.45, 2.75) is 45.1 Å². The lowest BCUT2D eigenvalue weighted by molar-refractivity contribution is -0.121. The second-order valence-corrected chi connectivity index (χ2v) is 4.77. The van der Waals surface area contributed by atoms with Crippen molar-refractivity contribution in [3.63, 3.8) is 0 Å². The minimum absolute atomic E-state index is 0.165. The SMILES string of the molecule is CC(CO)CCCNCCC(=O)NC1CC1. The Hall–Kier alpha value is -0.610. The molecule has 0 aliphatic heterocycles. The maximum Gasteiger partial charge on any atom is 0.221 e. The molecule has 0 aromatic heterocycles. The molecule has 4 nitrogen and oxygen atoms in total. The number of aliphatic hydroxyl groups is 1. The first-order valence-electron chi connectivity index (χ1n) is 6.33. The first-order valence-corrected chi connectivity index (χ1v) is 6.33. The van der Waals surface area contributed by atoms with E-state index in [1.165, 1.54) is 0 Å². The van der Waals surface area contributed by atoms with E-state index in [9.17, 15) is 4.79 Å². The molecule has 1 aliphatic rings. The van der Waals surface area contributed by atoms with Crippen molar-refractivity contribution in [3.05, 3.63) is 0 Å². The lowest BCUT2D eigenvalue weighted by Gasteiger charge is -2.08. The Bertz CT molecular complexity index is 205. The predicted octanol–water partition coefficient (Wildman–Crippen LogP) is 0.653. The Morgan fingerprint density at radius 2 is 2.19 bits per heavy atom. The molecule has 1 fully saturated rings. The number of hydrogen-bond acceptors (Lipinski definition) is 3. The summed E-state index contributed by atoms with van der Waals surface area (Å²) in [6, 6.07) is 0.470. The average molecular weight is 228 g/mol. The third-order valence-electron chi connectivity index (χ3n) is 2.83. The molecular formula is C12H24N2O2. The largest absolute Gasteiger partial charge is 0.396 e. The number of rotatable bonds is 9. The van der Waals surface area contributed by atoms with E-state index in [2.05, 4.69) is 10.6 Å². The van der Waals surface area contributed by atoms with E-state index >= 15 is 0 Å². The summed E-state index contributed by atoms with van der Waals surface area (Å²) in [5, 5.41) is 15.0. The molecule has 0 aromatic carbocycles. The van der Waals surface area contributed by atoms with Crippen LogP contribution in [-0.4, -0.2) is 36.8 Å². The zero-order valence-electron chi connectivity index (χ0n) is 10.2. The van der Waals surface area contributed by atoms with E-state index in [-0.39, 0.29) is 12.5 Å². The smallest absolute Gasteiger partial charge is 0.221 e. The van der Waals surface area contributed by atoms with Gasteiger partial charge >= 0.3 is 0 Å². The van der Waals surface area contributed by atoms with Crippen LogP contribution in [0.15, 0.2) is 0 Å². The first kappa shape index (κ1) is 13.5. The fourth-order valence-electron chi connectivity index (χ4n) is 1.52. The van der Waals surface area contributed by atoms with E-state index in [1.54, 1.807) is 0 Å². The number of aliphatic hydroxyl groups excluding tert-OH is 1. The summed E-state index contributed by atoms with van der Waals surface area (Å²) in [6.07, 6.45) is 4.98. The highest BCUT2D eigenvalue weighted by atomic mass is 16.3. The summed E-state index contributed by atoms with van der Waals surface area (Å²) in [5.41, 5.74) is 0. The van der Waals surface area contributed by atoms with Gasteiger partial charge in [-0.05, 0) is 38.1 Å². The van der Waals surface area contributed by atoms with Gasteiger partial charge in [-0.2, -0.15) is 0 Å². The molecule has 1 aliphatic carbocycles. The van der Waals surface area contributed by atoms with Crippen molar-refractivity contribution in [3.8, 4) is 0 Å². The van der Waals surface area contributed by atoms with Crippen LogP contribution < -0.4 is 10.6 Å². The molecule has 0 aromatic rings. The molecule has 94 valence electrons. The molecule has 1 atom stereocenters. The van der Waals surface area contributed by atoms with Gasteiger partial charge in [-0.1, -0.05) is 6.92 Å². The highest BCUT2D eigenvalue weighted by molar-refractivity contribution is 5.76. The zero-order valence-corrected chi connectivity index (χ0v) is 10.2. The van der Waals surface area contributed by atoms with Crippen LogP contribution in [0.25, 0.3) is 0 Å². The van der Waals surface area contributed by atoms with Gasteiger partial charge in [0.25, 0.3) is 0 Å². The van der Waals surface area contributed by atoms with Gasteiger partial charge in [0, 0.05) is 25.6 Å². The van der Waals surface area contributed by atoms with Gasteiger partial charge in [0.1, 0.15) is 0 Å². The van der Waals surface area contributed by atoms with Gasteiger partial charge in [-0.25, -0.2) is 0 Å². The Morgan fingerprint density at radius 3 is 2.81 bits per heavy atom. The maximum absolute atomic E-state index is 11.3. The van der Waals surface area contributed by atoms with Gasteiger partial charge in [0.05, 0.1) is 0 Å². The second kappa shape index (κ2) is 7.63. The van der Waals surface area contributed by atoms with Crippen molar-refractivity contribution in [1.29, 1.82) is 0 Å². The van der Waals surface area contributed by atoms with Crippen molar-refractivity contribution >= 4 is 5.91 Å². The van der Waals surface area contributed by atoms with Crippen LogP contribution in [0.4, 0.5) is 0 Å². The molecular weight excluding hydrogens is 204 g/mol. The third-order valence-corrected chi connectivity index (χ3v) is 2.83. The Morgan fingerprint density at radius 1 is 1.44 bits per heavy atom. The molecule has 4 heteroatoms. The Balaban J connectivity index is 1.81. The summed E-state index contributed by atoms with van der Waals surface area (Å²) in [4.78, 5) is 11.3. The van der Waals surface area contributed by atoms with E-state index in [1.807, 2.05) is 6.92 Å². The summed E-state index contributed by atoms with van der Waals surface area (Å²) >= 11 is 0. The molecule has 0 spiro atoms. The van der Waals surface area contributed by atoms with Crippen LogP contribution in [0, 0.1) is 5.92 Å². The van der Waals surface area contributed by atoms with Crippen LogP contribution in [0.1, 0.15) is 39.0 Å². The minimum atomic E-state index is 0.165. The molecule has 0 heterocycles. The molecule has 3 N–H and O–H groups in total. The maximum atomic E-state index is 11.3. The van der Waals surface area contributed by atoms with Crippen LogP contribution >= 0.6 is 0 Å². The van der Waals surface area contributed by atoms with Crippen molar-refractivity contribution in [2.24, 2.45) is 5.92 Å². The summed E-state index contributed by atoms with van der Waals surface area (Å²) in [7, 11) is 0. The number of nitrogens with one attached hydrogen (secondary N) is 2. The Kier molecular flexibility index (Phi) is 6.42. The van der Waals surface area contributed by atoms with Gasteiger partial charge in [-0.15, -0.1) is 0 Å². The van der Waals surface area contributed by atoms with Gasteiger partial charge in [0.2, 0.25) is 5.91 Å². The molecule has 1 unspecified atom stereocenters. The van der Waals surface area contributed by atoms with Gasteiger partial charge < -0.3 is 15.7 Å². The quantitative estimate of drug-likeness (QED) is 0.508. The topological polar surface area (TPSA) is 61.4 Å². The van der Waals surface area contributed by atoms with Crippen LogP contribution in [0.5, 0.6) is 0 Å². The standard InChI is InChI=1S/C12H24N2O2/c1-10(9-15)3-2-7-13-8-6-12(16)14-11-4-5-11/h10-11,13,15H,2-9H2,1H3,(H,14,16). The van der Waals surface area contributed by atoms with Crippen molar-refractivity contribution in [1.82, 2.24) is 10.6 Å². The number of amides is 1. The minimum Gasteiger partial charge on any atom is -0.396 e. The predicted molar refractivity (Wildman–Crippen MR) is 64.1 cm³/mol. The summed E-state index contributed by atoms with van der Waals surface area (Å²) in [6.45, 7) is 4.00. The molecule has 1 saturated carbocycles. The highest BCUT2D eigenvalue weighted by Crippen LogP contribution is 2.18. The van der Waals surface area contributed by atoms with Crippen LogP contribution in [-0.2, 0) is 4.79 Å². The van der Waals surface area contributed by atoms with Gasteiger partial charge in [0.15, 0.2) is 0 Å². The zero-order chi connectivity index (χ0) is 11.8. The van der Waals surface area contributed by atoms with E-state index in [4.69, 9.17) is 5.11 Å². The molecule has 16 heavy (non-hydrogen) atoms. The normalized spacial score (nSPS) is 17.1. The number of carbonyl (C=O) groups is 1. The lowest BCUT2D eigenvalue weighted by atomic mass is 10.1. The summed E-state index contributed by atoms with van der Waals surface area (Å²) in [5.74, 6) is 0.554. The Labute approximate surface area is 97.8 Å². The van der Waals surface area contributed by atoms with E-state index in [0.29, 0.717) is 18.4 Å².